The van der Waals surface area contributed by atoms with E-state index in [2.05, 4.69) is 10.6 Å². The number of aromatic nitrogens is 1. The molecule has 1 aliphatic rings. The molecule has 0 spiro atoms. The summed E-state index contributed by atoms with van der Waals surface area (Å²) < 4.78 is 27.5. The number of urea groups is 1. The molecule has 2 aromatic rings. The van der Waals surface area contributed by atoms with Crippen molar-refractivity contribution in [3.8, 4) is 0 Å². The first-order valence-electron chi connectivity index (χ1n) is 6.67. The molecule has 1 aromatic carbocycles. The summed E-state index contributed by atoms with van der Waals surface area (Å²) in [6.45, 7) is -0.327. The highest BCUT2D eigenvalue weighted by Gasteiger charge is 2.48. The van der Waals surface area contributed by atoms with Gasteiger partial charge in [0.25, 0.3) is 11.5 Å². The van der Waals surface area contributed by atoms with Crippen LogP contribution < -0.4 is 16.2 Å². The number of amides is 3. The molecule has 8 heteroatoms. The van der Waals surface area contributed by atoms with Crippen molar-refractivity contribution in [3.63, 3.8) is 0 Å². The monoisotopic (exact) mass is 319 g/mol. The molecule has 0 radical (unpaired) electrons. The Kier molecular flexibility index (Phi) is 3.44. The van der Waals surface area contributed by atoms with Crippen molar-refractivity contribution >= 4 is 11.9 Å². The highest BCUT2D eigenvalue weighted by Crippen LogP contribution is 2.27. The fraction of sp³-hybridized carbons (Fsp3) is 0.133. The molecular formula is C15H11F2N3O3. The van der Waals surface area contributed by atoms with E-state index in [1.54, 1.807) is 0 Å². The van der Waals surface area contributed by atoms with Crippen LogP contribution >= 0.6 is 0 Å². The standard InChI is InChI=1S/C15H11F2N3O3/c16-10-5-3-9(4-6-10)15(13(22)18-14(23)19-15)8-20-7-1-2-11(17)12(20)21/h1-7H,8H2,(H2,18,19,22,23). The van der Waals surface area contributed by atoms with Crippen molar-refractivity contribution in [1.82, 2.24) is 15.2 Å². The van der Waals surface area contributed by atoms with E-state index in [0.29, 0.717) is 0 Å². The lowest BCUT2D eigenvalue weighted by molar-refractivity contribution is -0.124. The zero-order chi connectivity index (χ0) is 16.6. The number of rotatable bonds is 3. The molecular weight excluding hydrogens is 308 g/mol. The van der Waals surface area contributed by atoms with Crippen molar-refractivity contribution < 1.29 is 18.4 Å². The molecule has 0 saturated carbocycles. The Morgan fingerprint density at radius 2 is 1.74 bits per heavy atom. The van der Waals surface area contributed by atoms with Crippen LogP contribution in [-0.4, -0.2) is 16.5 Å². The first-order chi connectivity index (χ1) is 10.9. The summed E-state index contributed by atoms with van der Waals surface area (Å²) >= 11 is 0. The van der Waals surface area contributed by atoms with Gasteiger partial charge in [-0.1, -0.05) is 12.1 Å². The number of halogens is 2. The number of benzene rings is 1. The van der Waals surface area contributed by atoms with Gasteiger partial charge in [0.15, 0.2) is 11.4 Å². The first-order valence-corrected chi connectivity index (χ1v) is 6.67. The van der Waals surface area contributed by atoms with E-state index in [1.165, 1.54) is 24.4 Å². The Labute approximate surface area is 128 Å². The summed E-state index contributed by atoms with van der Waals surface area (Å²) in [6, 6.07) is 6.46. The maximum absolute atomic E-state index is 13.4. The third-order valence-electron chi connectivity index (χ3n) is 3.66. The number of nitrogens with zero attached hydrogens (tertiary/aromatic N) is 1. The predicted molar refractivity (Wildman–Crippen MR) is 75.4 cm³/mol. The van der Waals surface area contributed by atoms with Crippen LogP contribution in [0, 0.1) is 11.6 Å². The number of nitrogens with one attached hydrogen (secondary N) is 2. The molecule has 3 amide bonds. The molecule has 1 saturated heterocycles. The smallest absolute Gasteiger partial charge is 0.318 e. The summed E-state index contributed by atoms with van der Waals surface area (Å²) in [5, 5.41) is 4.53. The summed E-state index contributed by atoms with van der Waals surface area (Å²) in [6.07, 6.45) is 1.30. The van der Waals surface area contributed by atoms with Gasteiger partial charge >= 0.3 is 6.03 Å². The molecule has 1 aromatic heterocycles. The van der Waals surface area contributed by atoms with Crippen LogP contribution in [0.25, 0.3) is 0 Å². The van der Waals surface area contributed by atoms with E-state index in [9.17, 15) is 23.2 Å². The highest BCUT2D eigenvalue weighted by atomic mass is 19.1. The molecule has 0 bridgehead atoms. The van der Waals surface area contributed by atoms with Gasteiger partial charge in [0.05, 0.1) is 6.54 Å². The van der Waals surface area contributed by atoms with Gasteiger partial charge in [-0.2, -0.15) is 0 Å². The third-order valence-corrected chi connectivity index (χ3v) is 3.66. The van der Waals surface area contributed by atoms with Crippen molar-refractivity contribution in [2.24, 2.45) is 0 Å². The Balaban J connectivity index is 2.12. The van der Waals surface area contributed by atoms with Gasteiger partial charge < -0.3 is 9.88 Å². The number of pyridine rings is 1. The van der Waals surface area contributed by atoms with Crippen molar-refractivity contribution in [2.75, 3.05) is 0 Å². The van der Waals surface area contributed by atoms with Gasteiger partial charge in [-0.3, -0.25) is 14.9 Å². The van der Waals surface area contributed by atoms with Crippen molar-refractivity contribution in [2.45, 2.75) is 12.1 Å². The normalized spacial score (nSPS) is 20.3. The molecule has 0 aliphatic carbocycles. The summed E-state index contributed by atoms with van der Waals surface area (Å²) in [5.41, 5.74) is -2.27. The van der Waals surface area contributed by atoms with E-state index < -0.39 is 34.7 Å². The lowest BCUT2D eigenvalue weighted by atomic mass is 9.89. The SMILES string of the molecule is O=C1NC(=O)C(Cn2cccc(F)c2=O)(c2ccc(F)cc2)N1. The molecule has 1 unspecified atom stereocenters. The van der Waals surface area contributed by atoms with Gasteiger partial charge in [-0.05, 0) is 29.8 Å². The van der Waals surface area contributed by atoms with Crippen LogP contribution in [-0.2, 0) is 16.9 Å². The molecule has 1 atom stereocenters. The number of carbonyl (C=O) groups is 2. The fourth-order valence-electron chi connectivity index (χ4n) is 2.52. The Hall–Kier alpha value is -3.03. The second-order valence-corrected chi connectivity index (χ2v) is 5.11. The fourth-order valence-corrected chi connectivity index (χ4v) is 2.52. The maximum atomic E-state index is 13.4. The van der Waals surface area contributed by atoms with Gasteiger partial charge in [-0.15, -0.1) is 0 Å². The maximum Gasteiger partial charge on any atom is 0.322 e. The Morgan fingerprint density at radius 3 is 2.35 bits per heavy atom. The number of hydrogen-bond acceptors (Lipinski definition) is 3. The van der Waals surface area contributed by atoms with Crippen molar-refractivity contribution in [1.29, 1.82) is 0 Å². The van der Waals surface area contributed by atoms with Crippen LogP contribution in [0.5, 0.6) is 0 Å². The molecule has 2 heterocycles. The van der Waals surface area contributed by atoms with Gasteiger partial charge in [0.1, 0.15) is 5.82 Å². The molecule has 23 heavy (non-hydrogen) atoms. The average molecular weight is 319 g/mol. The molecule has 1 fully saturated rings. The highest BCUT2D eigenvalue weighted by molar-refractivity contribution is 6.07. The van der Waals surface area contributed by atoms with Crippen LogP contribution in [0.3, 0.4) is 0 Å². The Morgan fingerprint density at radius 1 is 1.04 bits per heavy atom. The molecule has 1 aliphatic heterocycles. The van der Waals surface area contributed by atoms with Crippen molar-refractivity contribution in [3.05, 3.63) is 70.1 Å². The van der Waals surface area contributed by atoms with Crippen LogP contribution in [0.4, 0.5) is 13.6 Å². The summed E-state index contributed by atoms with van der Waals surface area (Å²) in [5.74, 6) is -2.20. The average Bonchev–Trinajstić information content (AvgIpc) is 2.79. The van der Waals surface area contributed by atoms with E-state index in [-0.39, 0.29) is 12.1 Å². The minimum absolute atomic E-state index is 0.276. The lowest BCUT2D eigenvalue weighted by Crippen LogP contribution is -2.49. The largest absolute Gasteiger partial charge is 0.322 e. The quantitative estimate of drug-likeness (QED) is 0.824. The topological polar surface area (TPSA) is 80.2 Å². The van der Waals surface area contributed by atoms with E-state index in [0.717, 1.165) is 22.8 Å². The van der Waals surface area contributed by atoms with Crippen LogP contribution in [0.15, 0.2) is 47.4 Å². The van der Waals surface area contributed by atoms with Crippen LogP contribution in [0.2, 0.25) is 0 Å². The Bertz CT molecular complexity index is 848. The molecule has 2 N–H and O–H groups in total. The number of carbonyl (C=O) groups excluding carboxylic acids is 2. The van der Waals surface area contributed by atoms with E-state index in [4.69, 9.17) is 0 Å². The van der Waals surface area contributed by atoms with Gasteiger partial charge in [-0.25, -0.2) is 13.6 Å². The second kappa shape index (κ2) is 5.31. The summed E-state index contributed by atoms with van der Waals surface area (Å²) in [4.78, 5) is 35.7. The van der Waals surface area contributed by atoms with Gasteiger partial charge in [0.2, 0.25) is 0 Å². The number of hydrogen-bond donors (Lipinski definition) is 2. The van der Waals surface area contributed by atoms with E-state index >= 15 is 0 Å². The molecule has 3 rings (SSSR count). The van der Waals surface area contributed by atoms with Crippen LogP contribution in [0.1, 0.15) is 5.56 Å². The minimum atomic E-state index is -1.62. The first kappa shape index (κ1) is 14.9. The predicted octanol–water partition coefficient (Wildman–Crippen LogP) is 0.861. The molecule has 6 nitrogen and oxygen atoms in total. The summed E-state index contributed by atoms with van der Waals surface area (Å²) in [7, 11) is 0. The zero-order valence-electron chi connectivity index (χ0n) is 11.7. The van der Waals surface area contributed by atoms with Gasteiger partial charge in [0, 0.05) is 6.20 Å². The second-order valence-electron chi connectivity index (χ2n) is 5.11. The number of imide groups is 1. The zero-order valence-corrected chi connectivity index (χ0v) is 11.7. The van der Waals surface area contributed by atoms with E-state index in [1.807, 2.05) is 0 Å². The molecule has 118 valence electrons. The third kappa shape index (κ3) is 2.48. The lowest BCUT2D eigenvalue weighted by Gasteiger charge is -2.27. The minimum Gasteiger partial charge on any atom is -0.318 e.